The van der Waals surface area contributed by atoms with Crippen LogP contribution in [0.25, 0.3) is 0 Å². The van der Waals surface area contributed by atoms with Crippen LogP contribution >= 0.6 is 23.2 Å². The van der Waals surface area contributed by atoms with Gasteiger partial charge in [-0.15, -0.1) is 0 Å². The maximum Gasteiger partial charge on any atom is 0.417 e. The largest absolute Gasteiger partial charge is 0.417 e. The number of nitrogens with one attached hydrogen (secondary N) is 1. The average molecular weight is 325 g/mol. The van der Waals surface area contributed by atoms with E-state index in [4.69, 9.17) is 23.2 Å². The Morgan fingerprint density at radius 1 is 1.05 bits per heavy atom. The van der Waals surface area contributed by atoms with E-state index < -0.39 is 17.6 Å². The van der Waals surface area contributed by atoms with Crippen molar-refractivity contribution in [3.8, 4) is 0 Å². The minimum Gasteiger partial charge on any atom is -0.339 e. The van der Waals surface area contributed by atoms with Gasteiger partial charge in [-0.05, 0) is 24.3 Å². The van der Waals surface area contributed by atoms with Crippen LogP contribution in [-0.4, -0.2) is 4.98 Å². The minimum absolute atomic E-state index is 0.0161. The molecule has 2 nitrogen and oxygen atoms in total. The number of benzene rings is 1. The number of pyridine rings is 1. The second-order valence-electron chi connectivity index (χ2n) is 3.81. The summed E-state index contributed by atoms with van der Waals surface area (Å²) < 4.78 is 50.3. The number of aromatic nitrogens is 1. The molecular weight excluding hydrogens is 319 g/mol. The summed E-state index contributed by atoms with van der Waals surface area (Å²) in [7, 11) is 0. The molecule has 106 valence electrons. The Bertz CT molecular complexity index is 644. The molecule has 0 saturated heterocycles. The molecule has 0 unspecified atom stereocenters. The first-order chi connectivity index (χ1) is 9.27. The lowest BCUT2D eigenvalue weighted by Gasteiger charge is -2.11. The molecule has 1 N–H and O–H groups in total. The Morgan fingerprint density at radius 2 is 1.75 bits per heavy atom. The number of alkyl halides is 3. The normalized spacial score (nSPS) is 11.5. The Hall–Kier alpha value is -1.53. The highest BCUT2D eigenvalue weighted by atomic mass is 35.5. The predicted octanol–water partition coefficient (Wildman–Crippen LogP) is 5.29. The molecule has 0 spiro atoms. The summed E-state index contributed by atoms with van der Waals surface area (Å²) in [6.45, 7) is 0. The highest BCUT2D eigenvalue weighted by Gasteiger charge is 2.31. The SMILES string of the molecule is Fc1ccc(Nc2ncc(C(F)(F)F)cc2Cl)cc1Cl. The fourth-order valence-corrected chi connectivity index (χ4v) is 1.79. The maximum absolute atomic E-state index is 13.0. The van der Waals surface area contributed by atoms with Gasteiger partial charge in [-0.1, -0.05) is 23.2 Å². The number of nitrogens with zero attached hydrogens (tertiary/aromatic N) is 1. The van der Waals surface area contributed by atoms with Gasteiger partial charge in [-0.2, -0.15) is 13.2 Å². The van der Waals surface area contributed by atoms with Gasteiger partial charge < -0.3 is 5.32 Å². The highest BCUT2D eigenvalue weighted by Crippen LogP contribution is 2.33. The third-order valence-electron chi connectivity index (χ3n) is 2.35. The molecule has 0 aliphatic carbocycles. The van der Waals surface area contributed by atoms with Crippen molar-refractivity contribution in [2.75, 3.05) is 5.32 Å². The third kappa shape index (κ3) is 3.32. The molecule has 0 saturated carbocycles. The van der Waals surface area contributed by atoms with Crippen LogP contribution in [0.15, 0.2) is 30.5 Å². The second kappa shape index (κ2) is 5.46. The first-order valence-corrected chi connectivity index (χ1v) is 5.98. The highest BCUT2D eigenvalue weighted by molar-refractivity contribution is 6.33. The minimum atomic E-state index is -4.52. The summed E-state index contributed by atoms with van der Waals surface area (Å²) in [5.74, 6) is -0.592. The Morgan fingerprint density at radius 3 is 2.30 bits per heavy atom. The van der Waals surface area contributed by atoms with Crippen LogP contribution in [0.3, 0.4) is 0 Å². The zero-order valence-corrected chi connectivity index (χ0v) is 11.1. The lowest BCUT2D eigenvalue weighted by atomic mass is 10.2. The van der Waals surface area contributed by atoms with Crippen molar-refractivity contribution in [3.05, 3.63) is 51.9 Å². The first kappa shape index (κ1) is 14.9. The zero-order chi connectivity index (χ0) is 14.9. The molecule has 2 aromatic rings. The van der Waals surface area contributed by atoms with Crippen LogP contribution in [0.1, 0.15) is 5.56 Å². The van der Waals surface area contributed by atoms with E-state index in [-0.39, 0.29) is 15.9 Å². The van der Waals surface area contributed by atoms with Crippen LogP contribution in [0.2, 0.25) is 10.0 Å². The average Bonchev–Trinajstić information content (AvgIpc) is 2.35. The molecule has 0 amide bonds. The predicted molar refractivity (Wildman–Crippen MR) is 68.9 cm³/mol. The maximum atomic E-state index is 13.0. The van der Waals surface area contributed by atoms with Crippen LogP contribution < -0.4 is 5.32 Å². The number of anilines is 2. The summed E-state index contributed by atoms with van der Waals surface area (Å²) in [6.07, 6.45) is -3.87. The van der Waals surface area contributed by atoms with E-state index in [0.29, 0.717) is 11.9 Å². The number of rotatable bonds is 2. The molecule has 1 aromatic heterocycles. The van der Waals surface area contributed by atoms with Crippen molar-refractivity contribution in [1.29, 1.82) is 0 Å². The monoisotopic (exact) mass is 324 g/mol. The first-order valence-electron chi connectivity index (χ1n) is 5.22. The van der Waals surface area contributed by atoms with Crippen molar-refractivity contribution in [3.63, 3.8) is 0 Å². The molecule has 2 rings (SSSR count). The molecule has 0 radical (unpaired) electrons. The Labute approximate surface area is 121 Å². The third-order valence-corrected chi connectivity index (χ3v) is 2.93. The van der Waals surface area contributed by atoms with E-state index in [1.54, 1.807) is 0 Å². The molecule has 1 aromatic carbocycles. The molecule has 0 atom stereocenters. The summed E-state index contributed by atoms with van der Waals surface area (Å²) in [5.41, 5.74) is -0.601. The number of hydrogen-bond donors (Lipinski definition) is 1. The van der Waals surface area contributed by atoms with Crippen molar-refractivity contribution >= 4 is 34.7 Å². The molecule has 1 heterocycles. The number of halogens is 6. The standard InChI is InChI=1S/C12H6Cl2F4N2/c13-8-4-7(1-2-10(8)15)20-11-9(14)3-6(5-19-11)12(16,17)18/h1-5H,(H,19,20). The van der Waals surface area contributed by atoms with Crippen molar-refractivity contribution in [2.45, 2.75) is 6.18 Å². The van der Waals surface area contributed by atoms with Crippen LogP contribution in [-0.2, 0) is 6.18 Å². The van der Waals surface area contributed by atoms with E-state index in [9.17, 15) is 17.6 Å². The van der Waals surface area contributed by atoms with Crippen molar-refractivity contribution in [1.82, 2.24) is 4.98 Å². The molecule has 8 heteroatoms. The molecular formula is C12H6Cl2F4N2. The fraction of sp³-hybridized carbons (Fsp3) is 0.0833. The van der Waals surface area contributed by atoms with Crippen LogP contribution in [0.5, 0.6) is 0 Å². The van der Waals surface area contributed by atoms with Gasteiger partial charge in [0.2, 0.25) is 0 Å². The topological polar surface area (TPSA) is 24.9 Å². The summed E-state index contributed by atoms with van der Waals surface area (Å²) >= 11 is 11.3. The lowest BCUT2D eigenvalue weighted by molar-refractivity contribution is -0.137. The van der Waals surface area contributed by atoms with Gasteiger partial charge in [0.15, 0.2) is 0 Å². The number of hydrogen-bond acceptors (Lipinski definition) is 2. The molecule has 0 aliphatic heterocycles. The molecule has 0 fully saturated rings. The van der Waals surface area contributed by atoms with Gasteiger partial charge in [0.05, 0.1) is 15.6 Å². The lowest BCUT2D eigenvalue weighted by Crippen LogP contribution is -2.06. The quantitative estimate of drug-likeness (QED) is 0.759. The van der Waals surface area contributed by atoms with E-state index >= 15 is 0 Å². The van der Waals surface area contributed by atoms with Crippen LogP contribution in [0, 0.1) is 5.82 Å². The van der Waals surface area contributed by atoms with Gasteiger partial charge in [-0.25, -0.2) is 9.37 Å². The van der Waals surface area contributed by atoms with Gasteiger partial charge in [0, 0.05) is 11.9 Å². The zero-order valence-electron chi connectivity index (χ0n) is 9.60. The summed E-state index contributed by atoms with van der Waals surface area (Å²) in [4.78, 5) is 3.59. The van der Waals surface area contributed by atoms with Crippen LogP contribution in [0.4, 0.5) is 29.1 Å². The van der Waals surface area contributed by atoms with Gasteiger partial charge in [0.1, 0.15) is 11.6 Å². The van der Waals surface area contributed by atoms with Gasteiger partial charge in [-0.3, -0.25) is 0 Å². The summed E-state index contributed by atoms with van der Waals surface area (Å²) in [6, 6.07) is 4.49. The van der Waals surface area contributed by atoms with Gasteiger partial charge >= 0.3 is 6.18 Å². The van der Waals surface area contributed by atoms with Gasteiger partial charge in [0.25, 0.3) is 0 Å². The molecule has 0 bridgehead atoms. The van der Waals surface area contributed by atoms with Crippen molar-refractivity contribution < 1.29 is 17.6 Å². The summed E-state index contributed by atoms with van der Waals surface area (Å²) in [5, 5.41) is 2.32. The van der Waals surface area contributed by atoms with E-state index in [1.807, 2.05) is 0 Å². The second-order valence-corrected chi connectivity index (χ2v) is 4.62. The Balaban J connectivity index is 2.28. The Kier molecular flexibility index (Phi) is 4.06. The smallest absolute Gasteiger partial charge is 0.339 e. The van der Waals surface area contributed by atoms with E-state index in [2.05, 4.69) is 10.3 Å². The molecule has 0 aliphatic rings. The van der Waals surface area contributed by atoms with Crippen molar-refractivity contribution in [2.24, 2.45) is 0 Å². The van der Waals surface area contributed by atoms with E-state index in [0.717, 1.165) is 12.1 Å². The van der Waals surface area contributed by atoms with E-state index in [1.165, 1.54) is 12.1 Å². The molecule has 20 heavy (non-hydrogen) atoms. The fourth-order valence-electron chi connectivity index (χ4n) is 1.40.